The van der Waals surface area contributed by atoms with Crippen molar-refractivity contribution in [2.75, 3.05) is 32.1 Å². The van der Waals surface area contributed by atoms with Gasteiger partial charge in [-0.15, -0.1) is 0 Å². The molecule has 1 N–H and O–H groups in total. The van der Waals surface area contributed by atoms with Crippen molar-refractivity contribution in [2.24, 2.45) is 0 Å². The number of anilines is 1. The number of morpholine rings is 1. The number of carbonyl (C=O) groups excluding carboxylic acids is 1. The molecule has 24 heavy (non-hydrogen) atoms. The molecule has 0 aliphatic carbocycles. The van der Waals surface area contributed by atoms with Crippen LogP contribution in [0.2, 0.25) is 0 Å². The molecule has 3 heterocycles. The van der Waals surface area contributed by atoms with Gasteiger partial charge >= 0.3 is 0 Å². The minimum atomic E-state index is -0.243. The number of aryl methyl sites for hydroxylation is 2. The monoisotopic (exact) mass is 330 g/mol. The molecule has 0 unspecified atom stereocenters. The number of ether oxygens (including phenoxy) is 1. The molecule has 7 heteroatoms. The molecule has 1 amide bonds. The quantitative estimate of drug-likeness (QED) is 0.925. The number of aromatic nitrogens is 2. The van der Waals surface area contributed by atoms with Crippen LogP contribution in [0.4, 0.5) is 5.69 Å². The molecule has 1 fully saturated rings. The maximum Gasteiger partial charge on any atom is 0.276 e. The average molecular weight is 330 g/mol. The van der Waals surface area contributed by atoms with Gasteiger partial charge in [0.05, 0.1) is 18.8 Å². The van der Waals surface area contributed by atoms with Crippen molar-refractivity contribution in [3.63, 3.8) is 0 Å². The first-order valence-electron chi connectivity index (χ1n) is 8.13. The van der Waals surface area contributed by atoms with Crippen molar-refractivity contribution < 1.29 is 14.1 Å². The van der Waals surface area contributed by atoms with Crippen LogP contribution < -0.4 is 5.32 Å². The molecule has 2 aromatic rings. The van der Waals surface area contributed by atoms with Gasteiger partial charge in [-0.3, -0.25) is 9.78 Å². The van der Waals surface area contributed by atoms with E-state index in [4.69, 9.17) is 9.26 Å². The highest BCUT2D eigenvalue weighted by Gasteiger charge is 2.28. The molecule has 0 saturated carbocycles. The van der Waals surface area contributed by atoms with E-state index in [1.165, 1.54) is 0 Å². The lowest BCUT2D eigenvalue weighted by molar-refractivity contribution is -0.0250. The second-order valence-corrected chi connectivity index (χ2v) is 5.81. The zero-order valence-electron chi connectivity index (χ0n) is 14.2. The van der Waals surface area contributed by atoms with E-state index in [0.717, 1.165) is 17.1 Å². The highest BCUT2D eigenvalue weighted by atomic mass is 16.5. The van der Waals surface area contributed by atoms with Crippen LogP contribution in [0.25, 0.3) is 0 Å². The summed E-state index contributed by atoms with van der Waals surface area (Å²) in [7, 11) is 1.87. The molecule has 1 aliphatic rings. The average Bonchev–Trinajstić information content (AvgIpc) is 3.09. The van der Waals surface area contributed by atoms with Crippen molar-refractivity contribution in [1.82, 2.24) is 15.0 Å². The Bertz CT molecular complexity index is 728. The second-order valence-electron chi connectivity index (χ2n) is 5.81. The smallest absolute Gasteiger partial charge is 0.276 e. The predicted molar refractivity (Wildman–Crippen MR) is 89.0 cm³/mol. The highest BCUT2D eigenvalue weighted by molar-refractivity contribution is 5.92. The van der Waals surface area contributed by atoms with Gasteiger partial charge < -0.3 is 19.5 Å². The summed E-state index contributed by atoms with van der Waals surface area (Å²) >= 11 is 0. The van der Waals surface area contributed by atoms with Crippen LogP contribution >= 0.6 is 0 Å². The third kappa shape index (κ3) is 3.41. The standard InChI is InChI=1S/C17H22N4O3/c1-4-13-9-15(20-24-13)17(22)21-5-6-23-16(10-21)14-8-12(18-3)7-11(2)19-14/h7-9,16H,4-6,10H2,1-3H3,(H,18,19)/t16-/m0/s1. The van der Waals surface area contributed by atoms with E-state index in [1.807, 2.05) is 33.0 Å². The number of hydrogen-bond donors (Lipinski definition) is 1. The molecule has 0 radical (unpaired) electrons. The lowest BCUT2D eigenvalue weighted by Gasteiger charge is -2.32. The summed E-state index contributed by atoms with van der Waals surface area (Å²) in [5, 5.41) is 6.99. The van der Waals surface area contributed by atoms with Gasteiger partial charge in [-0.2, -0.15) is 0 Å². The highest BCUT2D eigenvalue weighted by Crippen LogP contribution is 2.24. The van der Waals surface area contributed by atoms with Crippen molar-refractivity contribution in [1.29, 1.82) is 0 Å². The molecule has 7 nitrogen and oxygen atoms in total. The van der Waals surface area contributed by atoms with E-state index >= 15 is 0 Å². The largest absolute Gasteiger partial charge is 0.388 e. The summed E-state index contributed by atoms with van der Waals surface area (Å²) < 4.78 is 11.0. The van der Waals surface area contributed by atoms with Gasteiger partial charge in [0.25, 0.3) is 5.91 Å². The fourth-order valence-corrected chi connectivity index (χ4v) is 2.76. The zero-order chi connectivity index (χ0) is 17.1. The Morgan fingerprint density at radius 1 is 1.42 bits per heavy atom. The summed E-state index contributed by atoms with van der Waals surface area (Å²) in [6.45, 7) is 5.36. The predicted octanol–water partition coefficient (Wildman–Crippen LogP) is 2.20. The van der Waals surface area contributed by atoms with E-state index in [1.54, 1.807) is 11.0 Å². The maximum atomic E-state index is 12.6. The molecule has 1 atom stereocenters. The van der Waals surface area contributed by atoms with Crippen LogP contribution in [0.3, 0.4) is 0 Å². The number of pyridine rings is 1. The zero-order valence-corrected chi connectivity index (χ0v) is 14.2. The van der Waals surface area contributed by atoms with Gasteiger partial charge in [0.2, 0.25) is 0 Å². The number of hydrogen-bond acceptors (Lipinski definition) is 6. The van der Waals surface area contributed by atoms with Crippen LogP contribution in [0, 0.1) is 6.92 Å². The Labute approximate surface area is 141 Å². The normalized spacial score (nSPS) is 17.8. The van der Waals surface area contributed by atoms with Crippen LogP contribution in [-0.4, -0.2) is 47.7 Å². The Hall–Kier alpha value is -2.41. The molecule has 1 saturated heterocycles. The Kier molecular flexibility index (Phi) is 4.80. The summed E-state index contributed by atoms with van der Waals surface area (Å²) in [6.07, 6.45) is 0.471. The molecule has 3 rings (SSSR count). The minimum absolute atomic E-state index is 0.131. The van der Waals surface area contributed by atoms with Gasteiger partial charge in [0, 0.05) is 37.5 Å². The summed E-state index contributed by atoms with van der Waals surface area (Å²) in [4.78, 5) is 18.9. The van der Waals surface area contributed by atoms with E-state index < -0.39 is 0 Å². The van der Waals surface area contributed by atoms with Gasteiger partial charge in [-0.1, -0.05) is 12.1 Å². The number of rotatable bonds is 4. The lowest BCUT2D eigenvalue weighted by atomic mass is 10.1. The second kappa shape index (κ2) is 7.00. The van der Waals surface area contributed by atoms with Gasteiger partial charge in [0.15, 0.2) is 5.69 Å². The third-order valence-electron chi connectivity index (χ3n) is 4.07. The van der Waals surface area contributed by atoms with Gasteiger partial charge in [-0.05, 0) is 19.1 Å². The Balaban J connectivity index is 1.76. The van der Waals surface area contributed by atoms with Crippen molar-refractivity contribution in [3.8, 4) is 0 Å². The Morgan fingerprint density at radius 3 is 2.96 bits per heavy atom. The number of nitrogens with one attached hydrogen (secondary N) is 1. The van der Waals surface area contributed by atoms with E-state index in [0.29, 0.717) is 37.6 Å². The summed E-state index contributed by atoms with van der Waals surface area (Å²) in [5.41, 5.74) is 3.06. The van der Waals surface area contributed by atoms with Crippen molar-refractivity contribution in [2.45, 2.75) is 26.4 Å². The van der Waals surface area contributed by atoms with Crippen LogP contribution in [0.15, 0.2) is 22.7 Å². The van der Waals surface area contributed by atoms with Crippen LogP contribution in [0.5, 0.6) is 0 Å². The van der Waals surface area contributed by atoms with E-state index in [-0.39, 0.29) is 12.0 Å². The van der Waals surface area contributed by atoms with Gasteiger partial charge in [-0.25, -0.2) is 0 Å². The van der Waals surface area contributed by atoms with Crippen LogP contribution in [0.1, 0.15) is 40.7 Å². The van der Waals surface area contributed by atoms with Crippen molar-refractivity contribution >= 4 is 11.6 Å². The van der Waals surface area contributed by atoms with E-state index in [9.17, 15) is 4.79 Å². The SMILES string of the molecule is CCc1cc(C(=O)N2CCO[C@H](c3cc(NC)cc(C)n3)C2)no1. The lowest BCUT2D eigenvalue weighted by Crippen LogP contribution is -2.42. The fraction of sp³-hybridized carbons (Fsp3) is 0.471. The maximum absolute atomic E-state index is 12.6. The molecule has 0 spiro atoms. The molecule has 1 aliphatic heterocycles. The topological polar surface area (TPSA) is 80.5 Å². The first kappa shape index (κ1) is 16.4. The molecule has 0 bridgehead atoms. The number of amides is 1. The molecule has 0 aromatic carbocycles. The van der Waals surface area contributed by atoms with E-state index in [2.05, 4.69) is 15.5 Å². The summed E-state index contributed by atoms with van der Waals surface area (Å²) in [5.74, 6) is 0.579. The Morgan fingerprint density at radius 2 is 2.25 bits per heavy atom. The fourth-order valence-electron chi connectivity index (χ4n) is 2.76. The van der Waals surface area contributed by atoms with Crippen molar-refractivity contribution in [3.05, 3.63) is 41.0 Å². The molecular formula is C17H22N4O3. The number of carbonyl (C=O) groups is 1. The number of nitrogens with zero attached hydrogens (tertiary/aromatic N) is 3. The molecule has 128 valence electrons. The minimum Gasteiger partial charge on any atom is -0.388 e. The van der Waals surface area contributed by atoms with Gasteiger partial charge in [0.1, 0.15) is 11.9 Å². The molecular weight excluding hydrogens is 308 g/mol. The van der Waals surface area contributed by atoms with Crippen LogP contribution in [-0.2, 0) is 11.2 Å². The third-order valence-corrected chi connectivity index (χ3v) is 4.07. The molecule has 2 aromatic heterocycles. The first-order valence-corrected chi connectivity index (χ1v) is 8.13. The first-order chi connectivity index (χ1) is 11.6. The summed E-state index contributed by atoms with van der Waals surface area (Å²) in [6, 6.07) is 5.63.